The van der Waals surface area contributed by atoms with Gasteiger partial charge < -0.3 is 14.8 Å². The molecule has 0 unspecified atom stereocenters. The van der Waals surface area contributed by atoms with Crippen molar-refractivity contribution < 1.29 is 14.3 Å². The minimum absolute atomic E-state index is 0.186. The van der Waals surface area contributed by atoms with E-state index in [1.165, 1.54) is 0 Å². The van der Waals surface area contributed by atoms with Crippen LogP contribution in [0.3, 0.4) is 0 Å². The minimum atomic E-state index is -0.186. The van der Waals surface area contributed by atoms with E-state index in [-0.39, 0.29) is 5.91 Å². The first-order valence-electron chi connectivity index (χ1n) is 8.11. The van der Waals surface area contributed by atoms with Gasteiger partial charge in [0, 0.05) is 6.07 Å². The summed E-state index contributed by atoms with van der Waals surface area (Å²) in [5, 5.41) is 3.39. The van der Waals surface area contributed by atoms with Gasteiger partial charge in [-0.3, -0.25) is 9.69 Å². The van der Waals surface area contributed by atoms with Crippen LogP contribution in [-0.2, 0) is 4.79 Å². The highest BCUT2D eigenvalue weighted by Gasteiger charge is 2.33. The summed E-state index contributed by atoms with van der Waals surface area (Å²) in [4.78, 5) is 14.5. The largest absolute Gasteiger partial charge is 0.497 e. The number of nitrogens with one attached hydrogen (secondary N) is 1. The molecule has 0 saturated carbocycles. The number of hydrogen-bond acceptors (Lipinski definition) is 4. The molecule has 0 bridgehead atoms. The Balaban J connectivity index is 2.00. The van der Waals surface area contributed by atoms with E-state index in [0.717, 1.165) is 22.4 Å². The third-order valence-corrected chi connectivity index (χ3v) is 4.51. The first kappa shape index (κ1) is 17.9. The normalized spacial score (nSPS) is 15.4. The Morgan fingerprint density at radius 3 is 2.15 bits per heavy atom. The summed E-state index contributed by atoms with van der Waals surface area (Å²) in [6.45, 7) is 3.93. The van der Waals surface area contributed by atoms with Gasteiger partial charge >= 0.3 is 0 Å². The second kappa shape index (κ2) is 7.17. The standard InChI is InChI=1S/C20H20N2O3S/c1-12-6-5-7-13(2)18(12)22-19(23)17(21-20(22)26)10-14-8-15(24-3)11-16(9-14)25-4/h5-11H,1-4H3,(H,21,26)/b17-10-. The topological polar surface area (TPSA) is 50.8 Å². The van der Waals surface area contributed by atoms with Crippen LogP contribution >= 0.6 is 12.2 Å². The monoisotopic (exact) mass is 368 g/mol. The van der Waals surface area contributed by atoms with Gasteiger partial charge in [-0.25, -0.2) is 0 Å². The fraction of sp³-hybridized carbons (Fsp3) is 0.200. The summed E-state index contributed by atoms with van der Waals surface area (Å²) >= 11 is 5.41. The van der Waals surface area contributed by atoms with Crippen molar-refractivity contribution in [1.82, 2.24) is 5.32 Å². The number of methoxy groups -OCH3 is 2. The number of rotatable bonds is 4. The van der Waals surface area contributed by atoms with Gasteiger partial charge in [-0.2, -0.15) is 0 Å². The molecule has 5 nitrogen and oxygen atoms in total. The zero-order valence-electron chi connectivity index (χ0n) is 15.1. The maximum Gasteiger partial charge on any atom is 0.281 e. The molecule has 0 aromatic heterocycles. The summed E-state index contributed by atoms with van der Waals surface area (Å²) in [5.74, 6) is 1.11. The molecule has 6 heteroatoms. The zero-order valence-corrected chi connectivity index (χ0v) is 15.9. The van der Waals surface area contributed by atoms with Crippen molar-refractivity contribution in [3.63, 3.8) is 0 Å². The summed E-state index contributed by atoms with van der Waals surface area (Å²) in [7, 11) is 3.17. The highest BCUT2D eigenvalue weighted by Crippen LogP contribution is 2.30. The van der Waals surface area contributed by atoms with E-state index in [4.69, 9.17) is 21.7 Å². The summed E-state index contributed by atoms with van der Waals surface area (Å²) < 4.78 is 10.6. The molecule has 1 amide bonds. The van der Waals surface area contributed by atoms with Gasteiger partial charge in [-0.15, -0.1) is 0 Å². The summed E-state index contributed by atoms with van der Waals surface area (Å²) in [6, 6.07) is 11.3. The lowest BCUT2D eigenvalue weighted by atomic mass is 10.1. The van der Waals surface area contributed by atoms with Crippen LogP contribution < -0.4 is 19.7 Å². The molecule has 1 aliphatic rings. The van der Waals surface area contributed by atoms with Gasteiger partial charge in [-0.05, 0) is 61.0 Å². The number of amides is 1. The average Bonchev–Trinajstić information content (AvgIpc) is 2.89. The van der Waals surface area contributed by atoms with E-state index in [1.807, 2.05) is 44.2 Å². The van der Waals surface area contributed by atoms with Crippen LogP contribution in [0.25, 0.3) is 6.08 Å². The number of hydrogen-bond donors (Lipinski definition) is 1. The number of anilines is 1. The van der Waals surface area contributed by atoms with E-state index in [2.05, 4.69) is 5.32 Å². The number of aryl methyl sites for hydroxylation is 2. The quantitative estimate of drug-likeness (QED) is 0.660. The van der Waals surface area contributed by atoms with Gasteiger partial charge in [0.2, 0.25) is 0 Å². The molecule has 134 valence electrons. The van der Waals surface area contributed by atoms with Gasteiger partial charge in [0.05, 0.1) is 19.9 Å². The van der Waals surface area contributed by atoms with Crippen molar-refractivity contribution in [2.75, 3.05) is 19.1 Å². The Morgan fingerprint density at radius 1 is 1.04 bits per heavy atom. The number of benzene rings is 2. The molecule has 1 fully saturated rings. The van der Waals surface area contributed by atoms with Crippen molar-refractivity contribution >= 4 is 35.0 Å². The van der Waals surface area contributed by atoms with Crippen LogP contribution in [0.5, 0.6) is 11.5 Å². The molecule has 1 N–H and O–H groups in total. The van der Waals surface area contributed by atoms with Crippen molar-refractivity contribution in [2.45, 2.75) is 13.8 Å². The van der Waals surface area contributed by atoms with Crippen LogP contribution in [0.1, 0.15) is 16.7 Å². The molecule has 0 spiro atoms. The fourth-order valence-electron chi connectivity index (χ4n) is 2.98. The predicted octanol–water partition coefficient (Wildman–Crippen LogP) is 3.58. The van der Waals surface area contributed by atoms with E-state index < -0.39 is 0 Å². The molecular weight excluding hydrogens is 348 g/mol. The van der Waals surface area contributed by atoms with E-state index in [1.54, 1.807) is 31.3 Å². The molecule has 0 atom stereocenters. The number of carbonyl (C=O) groups excluding carboxylic acids is 1. The molecule has 1 aliphatic heterocycles. The second-order valence-corrected chi connectivity index (χ2v) is 6.40. The SMILES string of the molecule is COc1cc(/C=C2\NC(=S)N(c3c(C)cccc3C)C2=O)cc(OC)c1. The fourth-order valence-corrected chi connectivity index (χ4v) is 3.26. The highest BCUT2D eigenvalue weighted by molar-refractivity contribution is 7.80. The molecule has 1 heterocycles. The maximum absolute atomic E-state index is 13.0. The van der Waals surface area contributed by atoms with Gasteiger partial charge in [0.1, 0.15) is 17.2 Å². The number of thiocarbonyl (C=S) groups is 1. The number of carbonyl (C=O) groups is 1. The van der Waals surface area contributed by atoms with Gasteiger partial charge in [0.25, 0.3) is 5.91 Å². The second-order valence-electron chi connectivity index (χ2n) is 6.02. The Bertz CT molecular complexity index is 879. The number of nitrogens with zero attached hydrogens (tertiary/aromatic N) is 1. The number of ether oxygens (including phenoxy) is 2. The van der Waals surface area contributed by atoms with Gasteiger partial charge in [-0.1, -0.05) is 18.2 Å². The summed E-state index contributed by atoms with van der Waals surface area (Å²) in [5.41, 5.74) is 4.00. The predicted molar refractivity (Wildman–Crippen MR) is 107 cm³/mol. The molecule has 1 saturated heterocycles. The van der Waals surface area contributed by atoms with Crippen molar-refractivity contribution in [2.24, 2.45) is 0 Å². The van der Waals surface area contributed by atoms with Crippen molar-refractivity contribution in [1.29, 1.82) is 0 Å². The molecule has 0 aliphatic carbocycles. The third kappa shape index (κ3) is 3.28. The van der Waals surface area contributed by atoms with Crippen LogP contribution in [-0.4, -0.2) is 25.2 Å². The van der Waals surface area contributed by atoms with Gasteiger partial charge in [0.15, 0.2) is 5.11 Å². The highest BCUT2D eigenvalue weighted by atomic mass is 32.1. The Hall–Kier alpha value is -2.86. The van der Waals surface area contributed by atoms with E-state index in [9.17, 15) is 4.79 Å². The molecule has 2 aromatic rings. The third-order valence-electron chi connectivity index (χ3n) is 4.23. The lowest BCUT2D eigenvalue weighted by Gasteiger charge is -2.19. The maximum atomic E-state index is 13.0. The van der Waals surface area contributed by atoms with Crippen LogP contribution in [0.4, 0.5) is 5.69 Å². The van der Waals surface area contributed by atoms with E-state index in [0.29, 0.717) is 22.3 Å². The molecular formula is C20H20N2O3S. The molecule has 2 aromatic carbocycles. The Kier molecular flexibility index (Phi) is 4.95. The smallest absolute Gasteiger partial charge is 0.281 e. The van der Waals surface area contributed by atoms with Crippen LogP contribution in [0.2, 0.25) is 0 Å². The Morgan fingerprint density at radius 2 is 1.62 bits per heavy atom. The lowest BCUT2D eigenvalue weighted by Crippen LogP contribution is -2.31. The zero-order chi connectivity index (χ0) is 18.8. The van der Waals surface area contributed by atoms with Crippen LogP contribution in [0, 0.1) is 13.8 Å². The van der Waals surface area contributed by atoms with Crippen LogP contribution in [0.15, 0.2) is 42.1 Å². The number of para-hydroxylation sites is 1. The average molecular weight is 368 g/mol. The minimum Gasteiger partial charge on any atom is -0.497 e. The Labute approximate surface area is 158 Å². The van der Waals surface area contributed by atoms with E-state index >= 15 is 0 Å². The molecule has 3 rings (SSSR count). The molecule has 26 heavy (non-hydrogen) atoms. The van der Waals surface area contributed by atoms with Crippen molar-refractivity contribution in [3.8, 4) is 11.5 Å². The molecule has 0 radical (unpaired) electrons. The summed E-state index contributed by atoms with van der Waals surface area (Å²) in [6.07, 6.45) is 1.74. The first-order valence-corrected chi connectivity index (χ1v) is 8.52. The first-order chi connectivity index (χ1) is 12.4. The van der Waals surface area contributed by atoms with Crippen molar-refractivity contribution in [3.05, 3.63) is 58.8 Å². The lowest BCUT2D eigenvalue weighted by molar-refractivity contribution is -0.113.